The molecule has 6 nitrogen and oxygen atoms in total. The van der Waals surface area contributed by atoms with Crippen molar-refractivity contribution in [3.8, 4) is 0 Å². The third-order valence-electron chi connectivity index (χ3n) is 12.5. The van der Waals surface area contributed by atoms with Crippen LogP contribution in [0.25, 0.3) is 0 Å². The molecule has 0 spiro atoms. The molecule has 0 aliphatic rings. The molecule has 0 saturated heterocycles. The average molecular weight is 860 g/mol. The summed E-state index contributed by atoms with van der Waals surface area (Å²) in [4.78, 5) is 24.4. The van der Waals surface area contributed by atoms with E-state index in [0.29, 0.717) is 19.4 Å². The van der Waals surface area contributed by atoms with Crippen molar-refractivity contribution < 1.29 is 24.5 Å². The Morgan fingerprint density at radius 3 is 1.16 bits per heavy atom. The molecule has 0 fully saturated rings. The number of hydrogen-bond donors (Lipinski definition) is 3. The van der Waals surface area contributed by atoms with Crippen LogP contribution in [-0.2, 0) is 14.3 Å². The van der Waals surface area contributed by atoms with Gasteiger partial charge in [0.2, 0.25) is 5.91 Å². The van der Waals surface area contributed by atoms with Gasteiger partial charge in [0.15, 0.2) is 0 Å². The zero-order valence-corrected chi connectivity index (χ0v) is 40.9. The zero-order chi connectivity index (χ0) is 44.4. The van der Waals surface area contributed by atoms with Gasteiger partial charge < -0.3 is 20.3 Å². The Morgan fingerprint density at radius 2 is 0.770 bits per heavy atom. The lowest BCUT2D eigenvalue weighted by atomic mass is 10.0. The highest BCUT2D eigenvalue weighted by molar-refractivity contribution is 5.76. The normalized spacial score (nSPS) is 12.8. The third-order valence-corrected chi connectivity index (χ3v) is 12.5. The number of carbonyl (C=O) groups is 2. The molecule has 61 heavy (non-hydrogen) atoms. The topological polar surface area (TPSA) is 95.9 Å². The molecule has 0 bridgehead atoms. The highest BCUT2D eigenvalue weighted by Crippen LogP contribution is 2.16. The van der Waals surface area contributed by atoms with Gasteiger partial charge >= 0.3 is 5.97 Å². The average Bonchev–Trinajstić information content (AvgIpc) is 3.26. The predicted molar refractivity (Wildman–Crippen MR) is 264 cm³/mol. The summed E-state index contributed by atoms with van der Waals surface area (Å²) in [6, 6.07) is -0.637. The van der Waals surface area contributed by atoms with Gasteiger partial charge in [-0.1, -0.05) is 244 Å². The van der Waals surface area contributed by atoms with Gasteiger partial charge in [0, 0.05) is 12.8 Å². The van der Waals surface area contributed by atoms with Crippen molar-refractivity contribution >= 4 is 11.9 Å². The maximum atomic E-state index is 12.4. The molecule has 2 atom stereocenters. The predicted octanol–water partition coefficient (Wildman–Crippen LogP) is 16.3. The highest BCUT2D eigenvalue weighted by Gasteiger charge is 2.18. The van der Waals surface area contributed by atoms with Gasteiger partial charge in [0.1, 0.15) is 0 Å². The van der Waals surface area contributed by atoms with Crippen LogP contribution < -0.4 is 5.32 Å². The fourth-order valence-electron chi connectivity index (χ4n) is 8.27. The van der Waals surface area contributed by atoms with Crippen LogP contribution in [0.3, 0.4) is 0 Å². The first-order chi connectivity index (χ1) is 30.0. The minimum absolute atomic E-state index is 0.00260. The number of nitrogens with one attached hydrogen (secondary N) is 1. The number of carbonyl (C=O) groups excluding carboxylic acids is 2. The van der Waals surface area contributed by atoms with Gasteiger partial charge in [-0.3, -0.25) is 9.59 Å². The van der Waals surface area contributed by atoms with Crippen molar-refractivity contribution in [1.29, 1.82) is 0 Å². The second-order valence-corrected chi connectivity index (χ2v) is 18.6. The summed E-state index contributed by atoms with van der Waals surface area (Å²) >= 11 is 0. The van der Waals surface area contributed by atoms with Crippen molar-refractivity contribution in [3.05, 3.63) is 24.3 Å². The van der Waals surface area contributed by atoms with Crippen LogP contribution in [0.2, 0.25) is 0 Å². The molecule has 0 saturated carbocycles. The van der Waals surface area contributed by atoms with Crippen LogP contribution in [0.1, 0.15) is 290 Å². The Balaban J connectivity index is 3.48. The van der Waals surface area contributed by atoms with E-state index in [1.807, 2.05) is 6.08 Å². The van der Waals surface area contributed by atoms with E-state index in [1.54, 1.807) is 6.08 Å². The van der Waals surface area contributed by atoms with Gasteiger partial charge in [0.05, 0.1) is 25.4 Å². The van der Waals surface area contributed by atoms with Crippen LogP contribution in [-0.4, -0.2) is 47.4 Å². The van der Waals surface area contributed by atoms with E-state index < -0.39 is 12.1 Å². The third kappa shape index (κ3) is 47.7. The number of aliphatic hydroxyl groups excluding tert-OH is 2. The number of rotatable bonds is 50. The summed E-state index contributed by atoms with van der Waals surface area (Å²) in [5, 5.41) is 23.0. The van der Waals surface area contributed by atoms with Crippen LogP contribution in [0.4, 0.5) is 0 Å². The van der Waals surface area contributed by atoms with E-state index in [2.05, 4.69) is 31.3 Å². The first-order valence-corrected chi connectivity index (χ1v) is 27.1. The lowest BCUT2D eigenvalue weighted by Crippen LogP contribution is -2.45. The molecule has 6 heteroatoms. The van der Waals surface area contributed by atoms with Crippen LogP contribution in [0, 0.1) is 0 Å². The highest BCUT2D eigenvalue weighted by atomic mass is 16.5. The second-order valence-electron chi connectivity index (χ2n) is 18.6. The fourth-order valence-corrected chi connectivity index (χ4v) is 8.27. The monoisotopic (exact) mass is 860 g/mol. The van der Waals surface area contributed by atoms with Crippen LogP contribution in [0.5, 0.6) is 0 Å². The number of allylic oxidation sites excluding steroid dienone is 3. The molecule has 0 aliphatic heterocycles. The molecule has 360 valence electrons. The number of aliphatic hydroxyl groups is 2. The SMILES string of the molecule is CCCCCCCCCCCCCC/C=C/C(O)C(CO)NC(=O)CCCCCCC/C=C\CCCCCCCCCCCOC(=O)CCCCCCCCCCCCCC. The maximum absolute atomic E-state index is 12.4. The zero-order valence-electron chi connectivity index (χ0n) is 40.9. The van der Waals surface area contributed by atoms with Gasteiger partial charge in [-0.2, -0.15) is 0 Å². The molecule has 2 unspecified atom stereocenters. The smallest absolute Gasteiger partial charge is 0.305 e. The van der Waals surface area contributed by atoms with Crippen molar-refractivity contribution in [3.63, 3.8) is 0 Å². The molecule has 0 aromatic carbocycles. The first-order valence-electron chi connectivity index (χ1n) is 27.1. The summed E-state index contributed by atoms with van der Waals surface area (Å²) in [6.07, 6.45) is 60.4. The Labute approximate surface area is 380 Å². The summed E-state index contributed by atoms with van der Waals surface area (Å²) in [6.45, 7) is 4.89. The van der Waals surface area contributed by atoms with Crippen molar-refractivity contribution in [2.75, 3.05) is 13.2 Å². The summed E-state index contributed by atoms with van der Waals surface area (Å²) in [5.74, 6) is -0.0794. The van der Waals surface area contributed by atoms with E-state index in [1.165, 1.54) is 205 Å². The number of hydrogen-bond acceptors (Lipinski definition) is 5. The van der Waals surface area contributed by atoms with Crippen LogP contribution in [0.15, 0.2) is 24.3 Å². The Kier molecular flexibility index (Phi) is 49.6. The van der Waals surface area contributed by atoms with Crippen molar-refractivity contribution in [1.82, 2.24) is 5.32 Å². The van der Waals surface area contributed by atoms with E-state index >= 15 is 0 Å². The fraction of sp³-hybridized carbons (Fsp3) is 0.891. The van der Waals surface area contributed by atoms with Gasteiger partial charge in [-0.25, -0.2) is 0 Å². The Morgan fingerprint density at radius 1 is 0.443 bits per heavy atom. The second kappa shape index (κ2) is 51.0. The largest absolute Gasteiger partial charge is 0.466 e. The Hall–Kier alpha value is -1.66. The molecule has 0 radical (unpaired) electrons. The molecular weight excluding hydrogens is 755 g/mol. The summed E-state index contributed by atoms with van der Waals surface area (Å²) in [7, 11) is 0. The quantitative estimate of drug-likeness (QED) is 0.0322. The van der Waals surface area contributed by atoms with E-state index in [4.69, 9.17) is 4.74 Å². The number of amides is 1. The number of esters is 1. The van der Waals surface area contributed by atoms with Gasteiger partial charge in [-0.15, -0.1) is 0 Å². The van der Waals surface area contributed by atoms with Gasteiger partial charge in [0.25, 0.3) is 0 Å². The standard InChI is InChI=1S/C55H105NO5/c1-3-5-7-9-11-13-15-17-24-27-31-35-39-43-47-53(58)52(51-57)56-54(59)48-44-40-36-32-28-25-22-20-18-19-21-23-26-30-34-38-42-46-50-61-55(60)49-45-41-37-33-29-16-14-12-10-8-6-4-2/h20,22,43,47,52-53,57-58H,3-19,21,23-42,44-46,48-51H2,1-2H3,(H,56,59)/b22-20-,47-43+. The molecule has 1 amide bonds. The maximum Gasteiger partial charge on any atom is 0.305 e. The van der Waals surface area contributed by atoms with Crippen LogP contribution >= 0.6 is 0 Å². The molecule has 0 rings (SSSR count). The minimum Gasteiger partial charge on any atom is -0.466 e. The molecule has 0 heterocycles. The Bertz CT molecular complexity index is 951. The molecule has 3 N–H and O–H groups in total. The minimum atomic E-state index is -0.852. The van der Waals surface area contributed by atoms with E-state index in [-0.39, 0.29) is 18.5 Å². The van der Waals surface area contributed by atoms with Crippen molar-refractivity contribution in [2.24, 2.45) is 0 Å². The van der Waals surface area contributed by atoms with E-state index in [9.17, 15) is 19.8 Å². The van der Waals surface area contributed by atoms with E-state index in [0.717, 1.165) is 57.8 Å². The van der Waals surface area contributed by atoms with Gasteiger partial charge in [-0.05, 0) is 57.8 Å². The number of unbranched alkanes of at least 4 members (excludes halogenated alkanes) is 37. The summed E-state index contributed by atoms with van der Waals surface area (Å²) < 4.78 is 5.46. The molecule has 0 aromatic heterocycles. The first kappa shape index (κ1) is 59.3. The molecule has 0 aromatic rings. The number of ether oxygens (including phenoxy) is 1. The lowest BCUT2D eigenvalue weighted by Gasteiger charge is -2.20. The molecular formula is C55H105NO5. The lowest BCUT2D eigenvalue weighted by molar-refractivity contribution is -0.143. The molecule has 0 aliphatic carbocycles. The van der Waals surface area contributed by atoms with Crippen molar-refractivity contribution in [2.45, 2.75) is 302 Å². The summed E-state index contributed by atoms with van der Waals surface area (Å²) in [5.41, 5.74) is 0.